The lowest BCUT2D eigenvalue weighted by Crippen LogP contribution is -2.49. The molecule has 10 nitrogen and oxygen atoms in total. The second kappa shape index (κ2) is 12.9. The van der Waals surface area contributed by atoms with Crippen LogP contribution in [0.3, 0.4) is 0 Å². The van der Waals surface area contributed by atoms with Crippen LogP contribution in [0.5, 0.6) is 0 Å². The number of hydrogen-bond acceptors (Lipinski definition) is 8. The second-order valence-electron chi connectivity index (χ2n) is 12.4. The van der Waals surface area contributed by atoms with Gasteiger partial charge in [0, 0.05) is 54.1 Å². The highest BCUT2D eigenvalue weighted by molar-refractivity contribution is 6.29. The van der Waals surface area contributed by atoms with Gasteiger partial charge >= 0.3 is 0 Å². The summed E-state index contributed by atoms with van der Waals surface area (Å²) in [5, 5.41) is 29.6. The van der Waals surface area contributed by atoms with Crippen molar-refractivity contribution in [3.8, 4) is 0 Å². The van der Waals surface area contributed by atoms with Gasteiger partial charge in [0.15, 0.2) is 5.65 Å². The molecule has 1 aliphatic carbocycles. The summed E-state index contributed by atoms with van der Waals surface area (Å²) in [6.45, 7) is 3.17. The summed E-state index contributed by atoms with van der Waals surface area (Å²) in [6.07, 6.45) is 9.99. The number of amides is 1. The van der Waals surface area contributed by atoms with Gasteiger partial charge in [-0.2, -0.15) is 4.98 Å². The molecule has 2 fully saturated rings. The van der Waals surface area contributed by atoms with E-state index in [9.17, 15) is 15.0 Å². The molecule has 0 bridgehead atoms. The first-order chi connectivity index (χ1) is 21.3. The first kappa shape index (κ1) is 30.6. The predicted molar refractivity (Wildman–Crippen MR) is 174 cm³/mol. The lowest BCUT2D eigenvalue weighted by Gasteiger charge is -2.47. The van der Waals surface area contributed by atoms with E-state index >= 15 is 0 Å². The molecule has 2 aliphatic heterocycles. The molecule has 1 unspecified atom stereocenters. The number of piperidine rings is 2. The summed E-state index contributed by atoms with van der Waals surface area (Å²) < 4.78 is 1.77. The van der Waals surface area contributed by atoms with Crippen LogP contribution in [-0.2, 0) is 0 Å². The summed E-state index contributed by atoms with van der Waals surface area (Å²) in [5.74, 6) is 0.511. The largest absolute Gasteiger partial charge is 0.394 e. The number of nitrogens with zero attached hydrogens (tertiary/aromatic N) is 6. The molecule has 0 saturated carbocycles. The monoisotopic (exact) mass is 619 g/mol. The molecule has 3 aromatic rings. The van der Waals surface area contributed by atoms with E-state index in [-0.39, 0.29) is 18.6 Å². The van der Waals surface area contributed by atoms with Gasteiger partial charge in [0.2, 0.25) is 5.95 Å². The maximum absolute atomic E-state index is 13.1. The van der Waals surface area contributed by atoms with Gasteiger partial charge in [-0.15, -0.1) is 5.10 Å². The van der Waals surface area contributed by atoms with E-state index in [4.69, 9.17) is 16.6 Å². The third-order valence-electron chi connectivity index (χ3n) is 9.83. The van der Waals surface area contributed by atoms with E-state index in [1.165, 1.54) is 0 Å². The lowest BCUT2D eigenvalue weighted by atomic mass is 9.66. The van der Waals surface area contributed by atoms with Gasteiger partial charge in [-0.1, -0.05) is 23.3 Å². The average Bonchev–Trinajstić information content (AvgIpc) is 3.47. The summed E-state index contributed by atoms with van der Waals surface area (Å²) >= 11 is 6.21. The number of nitrogens with one attached hydrogen (secondary N) is 1. The smallest absolute Gasteiger partial charge is 0.253 e. The number of benzene rings is 1. The number of likely N-dealkylation sites (tertiary alicyclic amines) is 1. The Bertz CT molecular complexity index is 1540. The van der Waals surface area contributed by atoms with Crippen molar-refractivity contribution in [3.05, 3.63) is 70.9 Å². The molecular formula is C33H42ClN7O3. The Hall–Kier alpha value is -3.44. The fourth-order valence-corrected chi connectivity index (χ4v) is 7.14. The Labute approximate surface area is 263 Å². The number of carbonyl (C=O) groups is 1. The zero-order valence-electron chi connectivity index (χ0n) is 25.5. The van der Waals surface area contributed by atoms with Crippen molar-refractivity contribution in [1.82, 2.24) is 24.4 Å². The van der Waals surface area contributed by atoms with Gasteiger partial charge in [0.25, 0.3) is 5.91 Å². The Morgan fingerprint density at radius 2 is 1.84 bits per heavy atom. The molecule has 2 aromatic heterocycles. The Balaban J connectivity index is 1.14. The zero-order valence-corrected chi connectivity index (χ0v) is 26.2. The molecule has 234 valence electrons. The molecule has 1 aromatic carbocycles. The number of aliphatic hydroxyl groups is 2. The molecule has 44 heavy (non-hydrogen) atoms. The third-order valence-corrected chi connectivity index (χ3v) is 10.1. The molecule has 6 rings (SSSR count). The fraction of sp³-hybridized carbons (Fsp3) is 0.485. The molecule has 2 saturated heterocycles. The predicted octanol–water partition coefficient (Wildman–Crippen LogP) is 4.42. The summed E-state index contributed by atoms with van der Waals surface area (Å²) in [7, 11) is 4.03. The Kier molecular flexibility index (Phi) is 8.96. The zero-order chi connectivity index (χ0) is 30.8. The van der Waals surface area contributed by atoms with Gasteiger partial charge in [0.1, 0.15) is 0 Å². The highest BCUT2D eigenvalue weighted by Gasteiger charge is 2.44. The maximum atomic E-state index is 13.1. The Morgan fingerprint density at radius 3 is 2.50 bits per heavy atom. The lowest BCUT2D eigenvalue weighted by molar-refractivity contribution is -0.0106. The van der Waals surface area contributed by atoms with Gasteiger partial charge < -0.3 is 30.2 Å². The molecule has 0 spiro atoms. The van der Waals surface area contributed by atoms with Crippen molar-refractivity contribution >= 4 is 40.5 Å². The molecule has 3 N–H and O–H groups in total. The minimum absolute atomic E-state index is 0.0405. The first-order valence-corrected chi connectivity index (χ1v) is 15.9. The van der Waals surface area contributed by atoms with E-state index in [1.807, 2.05) is 66.7 Å². The molecule has 4 heterocycles. The number of allylic oxidation sites excluding steroid dienone is 3. The van der Waals surface area contributed by atoms with Gasteiger partial charge in [0.05, 0.1) is 18.4 Å². The van der Waals surface area contributed by atoms with Crippen molar-refractivity contribution < 1.29 is 15.0 Å². The van der Waals surface area contributed by atoms with E-state index in [1.54, 1.807) is 4.52 Å². The van der Waals surface area contributed by atoms with Crippen molar-refractivity contribution in [2.45, 2.75) is 50.7 Å². The number of hydrogen-bond donors (Lipinski definition) is 3. The third kappa shape index (κ3) is 6.08. The number of carbonyl (C=O) groups excluding carboxylic acids is 1. The molecule has 1 amide bonds. The van der Waals surface area contributed by atoms with Crippen LogP contribution in [-0.4, -0.2) is 99.5 Å². The van der Waals surface area contributed by atoms with Gasteiger partial charge in [-0.05, 0) is 101 Å². The number of rotatable bonds is 8. The van der Waals surface area contributed by atoms with Crippen LogP contribution in [0.2, 0.25) is 0 Å². The Morgan fingerprint density at radius 1 is 1.11 bits per heavy atom. The minimum atomic E-state index is -0.822. The van der Waals surface area contributed by atoms with Crippen molar-refractivity contribution in [1.29, 1.82) is 0 Å². The second-order valence-corrected chi connectivity index (χ2v) is 12.9. The number of anilines is 3. The molecule has 3 aliphatic rings. The van der Waals surface area contributed by atoms with Crippen molar-refractivity contribution in [2.75, 3.05) is 57.1 Å². The van der Waals surface area contributed by atoms with Crippen molar-refractivity contribution in [2.24, 2.45) is 5.41 Å². The molecule has 0 radical (unpaired) electrons. The SMILES string of the molecule is CN1CCC(N(C)C(=O)c2ccc(Nc3nc4c(N5CCC(C6=CC=C(Cl)CC6)(C(O)CO)CC5)cccn4n3)cc2)CC1. The summed E-state index contributed by atoms with van der Waals surface area (Å²) in [6, 6.07) is 11.8. The van der Waals surface area contributed by atoms with Crippen LogP contribution in [0.25, 0.3) is 5.65 Å². The van der Waals surface area contributed by atoms with Crippen LogP contribution in [0.1, 0.15) is 48.9 Å². The standard InChI is InChI=1S/C33H42ClN7O3/c1-38-18-13-27(14-19-38)39(2)31(44)23-5-11-26(12-6-23)35-32-36-30-28(4-3-17-41(30)37-32)40-20-15-33(16-21-40,29(43)22-42)24-7-9-25(34)10-8-24/h3-7,9,11-12,17,27,29,42-43H,8,10,13-16,18-22H2,1-2H3,(H,35,37). The van der Waals surface area contributed by atoms with Gasteiger partial charge in [-0.25, -0.2) is 4.52 Å². The number of halogens is 1. The van der Waals surface area contributed by atoms with Crippen LogP contribution in [0, 0.1) is 5.41 Å². The number of aliphatic hydroxyl groups excluding tert-OH is 2. The average molecular weight is 620 g/mol. The van der Waals surface area contributed by atoms with Crippen LogP contribution in [0.4, 0.5) is 17.3 Å². The topological polar surface area (TPSA) is 109 Å². The van der Waals surface area contributed by atoms with Crippen molar-refractivity contribution in [3.63, 3.8) is 0 Å². The molecular weight excluding hydrogens is 578 g/mol. The molecule has 11 heteroatoms. The van der Waals surface area contributed by atoms with E-state index in [0.717, 1.165) is 66.4 Å². The van der Waals surface area contributed by atoms with Crippen LogP contribution >= 0.6 is 11.6 Å². The number of aromatic nitrogens is 3. The van der Waals surface area contributed by atoms with E-state index in [2.05, 4.69) is 27.3 Å². The summed E-state index contributed by atoms with van der Waals surface area (Å²) in [4.78, 5) is 24.4. The highest BCUT2D eigenvalue weighted by atomic mass is 35.5. The maximum Gasteiger partial charge on any atom is 0.253 e. The minimum Gasteiger partial charge on any atom is -0.394 e. The number of fused-ring (bicyclic) bond motifs is 1. The fourth-order valence-electron chi connectivity index (χ4n) is 6.99. The van der Waals surface area contributed by atoms with E-state index < -0.39 is 11.5 Å². The highest BCUT2D eigenvalue weighted by Crippen LogP contribution is 2.46. The van der Waals surface area contributed by atoms with Crippen LogP contribution < -0.4 is 10.2 Å². The normalized spacial score (nSPS) is 20.2. The summed E-state index contributed by atoms with van der Waals surface area (Å²) in [5.41, 5.74) is 3.87. The van der Waals surface area contributed by atoms with Gasteiger partial charge in [-0.3, -0.25) is 4.79 Å². The molecule has 1 atom stereocenters. The van der Waals surface area contributed by atoms with Crippen LogP contribution in [0.15, 0.2) is 65.4 Å². The number of pyridine rings is 1. The van der Waals surface area contributed by atoms with E-state index in [0.29, 0.717) is 37.4 Å². The quantitative estimate of drug-likeness (QED) is 0.340. The first-order valence-electron chi connectivity index (χ1n) is 15.5.